The van der Waals surface area contributed by atoms with Gasteiger partial charge in [0.2, 0.25) is 11.8 Å². The van der Waals surface area contributed by atoms with Gasteiger partial charge >= 0.3 is 0 Å². The van der Waals surface area contributed by atoms with Crippen molar-refractivity contribution < 1.29 is 9.59 Å². The Morgan fingerprint density at radius 3 is 2.33 bits per heavy atom. The molecule has 1 aliphatic rings. The maximum Gasteiger partial charge on any atom is 0.229 e. The minimum Gasteiger partial charge on any atom is -0.279 e. The van der Waals surface area contributed by atoms with Crippen LogP contribution in [0.15, 0.2) is 12.2 Å². The second kappa shape index (κ2) is 4.30. The summed E-state index contributed by atoms with van der Waals surface area (Å²) in [6.07, 6.45) is 4.34. The zero-order valence-corrected chi connectivity index (χ0v) is 7.59. The van der Waals surface area contributed by atoms with Crippen LogP contribution in [0.5, 0.6) is 0 Å². The molecule has 1 aliphatic heterocycles. The lowest BCUT2D eigenvalue weighted by atomic mass is 10.4. The van der Waals surface area contributed by atoms with E-state index in [1.807, 2.05) is 6.08 Å². The van der Waals surface area contributed by atoms with Gasteiger partial charge in [0.25, 0.3) is 0 Å². The molecule has 0 bridgehead atoms. The molecule has 0 aromatic carbocycles. The number of carbonyl (C=O) groups excluding carboxylic acids is 2. The topological polar surface area (TPSA) is 37.4 Å². The number of thiol groups is 1. The van der Waals surface area contributed by atoms with Crippen molar-refractivity contribution in [1.82, 2.24) is 4.90 Å². The Labute approximate surface area is 76.8 Å². The number of nitrogens with zero attached hydrogens (tertiary/aromatic N) is 1. The minimum atomic E-state index is -0.0659. The molecule has 2 amide bonds. The van der Waals surface area contributed by atoms with Crippen molar-refractivity contribution in [3.05, 3.63) is 12.2 Å². The van der Waals surface area contributed by atoms with Crippen LogP contribution in [0, 0.1) is 0 Å². The molecule has 1 saturated heterocycles. The summed E-state index contributed by atoms with van der Waals surface area (Å²) in [6, 6.07) is 0. The fraction of sp³-hybridized carbons (Fsp3) is 0.500. The molecular formula is C8H11NO2S. The number of hydrogen-bond acceptors (Lipinski definition) is 3. The van der Waals surface area contributed by atoms with E-state index in [9.17, 15) is 9.59 Å². The van der Waals surface area contributed by atoms with Gasteiger partial charge in [0.15, 0.2) is 0 Å². The van der Waals surface area contributed by atoms with Gasteiger partial charge < -0.3 is 0 Å². The summed E-state index contributed by atoms with van der Waals surface area (Å²) in [5.41, 5.74) is 0. The molecule has 1 rings (SSSR count). The first-order valence-corrected chi connectivity index (χ1v) is 4.48. The monoisotopic (exact) mass is 185 g/mol. The van der Waals surface area contributed by atoms with E-state index in [1.54, 1.807) is 6.08 Å². The first-order valence-electron chi connectivity index (χ1n) is 3.84. The van der Waals surface area contributed by atoms with E-state index < -0.39 is 0 Å². The fourth-order valence-electron chi connectivity index (χ4n) is 1.08. The number of amides is 2. The zero-order chi connectivity index (χ0) is 8.97. The van der Waals surface area contributed by atoms with E-state index in [0.29, 0.717) is 25.1 Å². The molecule has 1 fully saturated rings. The van der Waals surface area contributed by atoms with E-state index in [-0.39, 0.29) is 11.8 Å². The van der Waals surface area contributed by atoms with Crippen LogP contribution in [-0.2, 0) is 9.59 Å². The van der Waals surface area contributed by atoms with Crippen molar-refractivity contribution in [3.8, 4) is 0 Å². The second-order valence-electron chi connectivity index (χ2n) is 2.55. The van der Waals surface area contributed by atoms with Crippen molar-refractivity contribution in [2.75, 3.05) is 12.3 Å². The number of likely N-dealkylation sites (tertiary alicyclic amines) is 1. The minimum absolute atomic E-state index is 0.0659. The third-order valence-electron chi connectivity index (χ3n) is 1.71. The number of hydrogen-bond donors (Lipinski definition) is 1. The van der Waals surface area contributed by atoms with Crippen molar-refractivity contribution >= 4 is 24.4 Å². The Morgan fingerprint density at radius 1 is 1.25 bits per heavy atom. The van der Waals surface area contributed by atoms with Gasteiger partial charge in [0.1, 0.15) is 0 Å². The van der Waals surface area contributed by atoms with Gasteiger partial charge in [-0.25, -0.2) is 0 Å². The SMILES string of the molecule is O=C1CCC(=O)N1CC=CCS. The fourth-order valence-corrected chi connectivity index (χ4v) is 1.23. The molecule has 0 aromatic rings. The van der Waals surface area contributed by atoms with E-state index in [0.717, 1.165) is 0 Å². The van der Waals surface area contributed by atoms with E-state index in [4.69, 9.17) is 0 Å². The molecule has 0 unspecified atom stereocenters. The zero-order valence-electron chi connectivity index (χ0n) is 6.69. The largest absolute Gasteiger partial charge is 0.279 e. The van der Waals surface area contributed by atoms with Gasteiger partial charge in [0.05, 0.1) is 0 Å². The van der Waals surface area contributed by atoms with Crippen molar-refractivity contribution in [3.63, 3.8) is 0 Å². The van der Waals surface area contributed by atoms with Gasteiger partial charge in [-0.3, -0.25) is 14.5 Å². The molecule has 0 saturated carbocycles. The summed E-state index contributed by atoms with van der Waals surface area (Å²) in [5.74, 6) is 0.503. The third kappa shape index (κ3) is 2.11. The Morgan fingerprint density at radius 2 is 1.83 bits per heavy atom. The van der Waals surface area contributed by atoms with Gasteiger partial charge in [-0.15, -0.1) is 0 Å². The third-order valence-corrected chi connectivity index (χ3v) is 1.93. The predicted molar refractivity (Wildman–Crippen MR) is 48.9 cm³/mol. The van der Waals surface area contributed by atoms with E-state index in [2.05, 4.69) is 12.6 Å². The van der Waals surface area contributed by atoms with E-state index in [1.165, 1.54) is 4.90 Å². The molecule has 0 spiro atoms. The first-order chi connectivity index (χ1) is 5.75. The van der Waals surface area contributed by atoms with Crippen molar-refractivity contribution in [1.29, 1.82) is 0 Å². The van der Waals surface area contributed by atoms with Crippen molar-refractivity contribution in [2.45, 2.75) is 12.8 Å². The average Bonchev–Trinajstić information content (AvgIpc) is 2.35. The summed E-state index contributed by atoms with van der Waals surface area (Å²) in [6.45, 7) is 0.401. The van der Waals surface area contributed by atoms with Crippen LogP contribution in [-0.4, -0.2) is 29.0 Å². The molecule has 4 heteroatoms. The Bertz CT molecular complexity index is 209. The summed E-state index contributed by atoms with van der Waals surface area (Å²) >= 11 is 3.97. The summed E-state index contributed by atoms with van der Waals surface area (Å²) in [5, 5.41) is 0. The van der Waals surface area contributed by atoms with Crippen LogP contribution in [0.3, 0.4) is 0 Å². The highest BCUT2D eigenvalue weighted by molar-refractivity contribution is 7.80. The van der Waals surface area contributed by atoms with Crippen LogP contribution in [0.25, 0.3) is 0 Å². The number of imide groups is 1. The maximum absolute atomic E-state index is 11.0. The highest BCUT2D eigenvalue weighted by Crippen LogP contribution is 2.10. The second-order valence-corrected chi connectivity index (χ2v) is 2.92. The maximum atomic E-state index is 11.0. The normalized spacial score (nSPS) is 18.2. The average molecular weight is 185 g/mol. The quantitative estimate of drug-likeness (QED) is 0.397. The van der Waals surface area contributed by atoms with Gasteiger partial charge in [0, 0.05) is 25.1 Å². The van der Waals surface area contributed by atoms with Gasteiger partial charge in [-0.1, -0.05) is 12.2 Å². The molecule has 0 N–H and O–H groups in total. The predicted octanol–water partition coefficient (Wildman–Crippen LogP) is 0.621. The Balaban J connectivity index is 2.45. The molecule has 3 nitrogen and oxygen atoms in total. The molecule has 0 radical (unpaired) electrons. The molecule has 1 heterocycles. The van der Waals surface area contributed by atoms with Crippen molar-refractivity contribution in [2.24, 2.45) is 0 Å². The summed E-state index contributed by atoms with van der Waals surface area (Å²) in [7, 11) is 0. The number of carbonyl (C=O) groups is 2. The molecule has 0 atom stereocenters. The van der Waals surface area contributed by atoms with Crippen LogP contribution in [0.1, 0.15) is 12.8 Å². The highest BCUT2D eigenvalue weighted by Gasteiger charge is 2.27. The van der Waals surface area contributed by atoms with Gasteiger partial charge in [-0.05, 0) is 0 Å². The van der Waals surface area contributed by atoms with Crippen LogP contribution >= 0.6 is 12.6 Å². The lowest BCUT2D eigenvalue weighted by Crippen LogP contribution is -2.28. The van der Waals surface area contributed by atoms with Gasteiger partial charge in [-0.2, -0.15) is 12.6 Å². The Hall–Kier alpha value is -0.770. The van der Waals surface area contributed by atoms with Crippen LogP contribution in [0.2, 0.25) is 0 Å². The summed E-state index contributed by atoms with van der Waals surface area (Å²) in [4.78, 5) is 23.3. The first kappa shape index (κ1) is 9.32. The number of rotatable bonds is 3. The summed E-state index contributed by atoms with van der Waals surface area (Å²) < 4.78 is 0. The molecule has 0 aliphatic carbocycles. The molecular weight excluding hydrogens is 174 g/mol. The molecule has 12 heavy (non-hydrogen) atoms. The lowest BCUT2D eigenvalue weighted by molar-refractivity contribution is -0.137. The lowest BCUT2D eigenvalue weighted by Gasteiger charge is -2.09. The standard InChI is InChI=1S/C8H11NO2S/c10-7-3-4-8(11)9(7)5-1-2-6-12/h1-2,12H,3-6H2. The molecule has 66 valence electrons. The molecule has 0 aromatic heterocycles. The van der Waals surface area contributed by atoms with E-state index >= 15 is 0 Å². The van der Waals surface area contributed by atoms with Crippen LogP contribution < -0.4 is 0 Å². The smallest absolute Gasteiger partial charge is 0.229 e. The highest BCUT2D eigenvalue weighted by atomic mass is 32.1. The Kier molecular flexibility index (Phi) is 3.34. The van der Waals surface area contributed by atoms with Crippen LogP contribution in [0.4, 0.5) is 0 Å².